The van der Waals surface area contributed by atoms with E-state index in [0.717, 1.165) is 5.82 Å². The van der Waals surface area contributed by atoms with Crippen LogP contribution in [-0.2, 0) is 9.53 Å². The van der Waals surface area contributed by atoms with E-state index in [4.69, 9.17) is 16.3 Å². The first kappa shape index (κ1) is 15.0. The molecule has 0 amide bonds. The fourth-order valence-electron chi connectivity index (χ4n) is 2.60. The lowest BCUT2D eigenvalue weighted by Gasteiger charge is -2.32. The van der Waals surface area contributed by atoms with Gasteiger partial charge >= 0.3 is 5.97 Å². The first-order valence-electron chi connectivity index (χ1n) is 7.13. The Morgan fingerprint density at radius 1 is 1.36 bits per heavy atom. The summed E-state index contributed by atoms with van der Waals surface area (Å²) in [6, 6.07) is 2.73. The summed E-state index contributed by atoms with van der Waals surface area (Å²) in [5.41, 5.74) is 0. The predicted molar refractivity (Wildman–Crippen MR) is 77.3 cm³/mol. The number of anilines is 1. The van der Waals surface area contributed by atoms with Crippen LogP contribution in [0.25, 0.3) is 0 Å². The second-order valence-corrected chi connectivity index (χ2v) is 5.92. The molecule has 0 unspecified atom stereocenters. The summed E-state index contributed by atoms with van der Waals surface area (Å²) in [5, 5.41) is 18.7. The molecule has 1 saturated heterocycles. The van der Waals surface area contributed by atoms with E-state index < -0.39 is 22.9 Å². The van der Waals surface area contributed by atoms with E-state index in [1.807, 2.05) is 4.90 Å². The van der Waals surface area contributed by atoms with E-state index in [-0.39, 0.29) is 6.10 Å². The Morgan fingerprint density at radius 3 is 2.64 bits per heavy atom. The van der Waals surface area contributed by atoms with Crippen molar-refractivity contribution in [2.75, 3.05) is 18.0 Å². The van der Waals surface area contributed by atoms with Crippen LogP contribution in [0.3, 0.4) is 0 Å². The molecule has 2 atom stereocenters. The molecule has 0 bridgehead atoms. The Bertz CT molecular complexity index is 574. The molecule has 1 aromatic rings. The quantitative estimate of drug-likeness (QED) is 0.467. The van der Waals surface area contributed by atoms with Crippen molar-refractivity contribution in [2.24, 2.45) is 5.92 Å². The molecule has 3 rings (SSSR count). The van der Waals surface area contributed by atoms with Gasteiger partial charge in [0.2, 0.25) is 6.04 Å². The van der Waals surface area contributed by atoms with E-state index in [1.54, 1.807) is 12.1 Å². The number of carbonyl (C=O) groups is 1. The van der Waals surface area contributed by atoms with E-state index in [1.165, 1.54) is 0 Å². The minimum atomic E-state index is -0.753. The zero-order chi connectivity index (χ0) is 15.7. The third-order valence-corrected chi connectivity index (χ3v) is 4.20. The van der Waals surface area contributed by atoms with Gasteiger partial charge in [0.15, 0.2) is 11.0 Å². The number of nitro groups is 1. The van der Waals surface area contributed by atoms with E-state index in [0.29, 0.717) is 37.5 Å². The van der Waals surface area contributed by atoms with Gasteiger partial charge in [-0.15, -0.1) is 10.2 Å². The normalized spacial score (nSPS) is 24.9. The van der Waals surface area contributed by atoms with E-state index in [9.17, 15) is 14.9 Å². The molecule has 2 aliphatic rings. The zero-order valence-corrected chi connectivity index (χ0v) is 12.5. The smallest absolute Gasteiger partial charge is 0.316 e. The monoisotopic (exact) mass is 326 g/mol. The summed E-state index contributed by atoms with van der Waals surface area (Å²) >= 11 is 5.70. The Kier molecular flexibility index (Phi) is 4.10. The van der Waals surface area contributed by atoms with Crippen LogP contribution in [0.15, 0.2) is 12.1 Å². The van der Waals surface area contributed by atoms with Gasteiger partial charge in [0.05, 0.1) is 0 Å². The van der Waals surface area contributed by atoms with Gasteiger partial charge in [-0.25, -0.2) is 0 Å². The first-order valence-corrected chi connectivity index (χ1v) is 7.50. The van der Waals surface area contributed by atoms with Crippen molar-refractivity contribution >= 4 is 23.4 Å². The van der Waals surface area contributed by atoms with Gasteiger partial charge in [0.1, 0.15) is 12.0 Å². The molecule has 1 aromatic heterocycles. The van der Waals surface area contributed by atoms with Crippen molar-refractivity contribution in [1.29, 1.82) is 0 Å². The van der Waals surface area contributed by atoms with Gasteiger partial charge in [-0.3, -0.25) is 14.9 Å². The summed E-state index contributed by atoms with van der Waals surface area (Å²) in [6.07, 6.45) is 1.46. The summed E-state index contributed by atoms with van der Waals surface area (Å²) in [4.78, 5) is 24.0. The third-order valence-electron chi connectivity index (χ3n) is 4.00. The maximum atomic E-state index is 11.8. The molecule has 1 aliphatic heterocycles. The molecule has 1 aliphatic carbocycles. The SMILES string of the molecule is O=C(OC1CCN(c2ccc(Cl)nn2)CC1)[C@H]1C[C@@H]1[N+](=O)[O-]. The minimum Gasteiger partial charge on any atom is -0.462 e. The fraction of sp³-hybridized carbons (Fsp3) is 0.615. The number of aromatic nitrogens is 2. The highest BCUT2D eigenvalue weighted by Crippen LogP contribution is 2.35. The molecular weight excluding hydrogens is 312 g/mol. The minimum absolute atomic E-state index is 0.183. The van der Waals surface area contributed by atoms with Crippen LogP contribution in [0.1, 0.15) is 19.3 Å². The van der Waals surface area contributed by atoms with Crippen molar-refractivity contribution in [1.82, 2.24) is 10.2 Å². The number of ether oxygens (including phenoxy) is 1. The fourth-order valence-corrected chi connectivity index (χ4v) is 2.70. The Hall–Kier alpha value is -1.96. The Morgan fingerprint density at radius 2 is 2.09 bits per heavy atom. The van der Waals surface area contributed by atoms with E-state index in [2.05, 4.69) is 10.2 Å². The molecule has 0 N–H and O–H groups in total. The molecule has 9 heteroatoms. The predicted octanol–water partition coefficient (Wildman–Crippen LogP) is 1.31. The van der Waals surface area contributed by atoms with Crippen LogP contribution < -0.4 is 4.90 Å². The van der Waals surface area contributed by atoms with Crippen molar-refractivity contribution in [3.8, 4) is 0 Å². The van der Waals surface area contributed by atoms with Crippen molar-refractivity contribution < 1.29 is 14.5 Å². The van der Waals surface area contributed by atoms with Crippen LogP contribution in [0.4, 0.5) is 5.82 Å². The number of rotatable bonds is 4. The molecule has 8 nitrogen and oxygen atoms in total. The standard InChI is InChI=1S/C13H15ClN4O4/c14-11-1-2-12(16-15-11)17-5-3-8(4-6-17)22-13(19)9-7-10(9)18(20)21/h1-2,8-10H,3-7H2/t9-,10-/m0/s1. The van der Waals surface area contributed by atoms with Crippen LogP contribution in [0.2, 0.25) is 5.15 Å². The maximum Gasteiger partial charge on any atom is 0.316 e. The van der Waals surface area contributed by atoms with Crippen LogP contribution in [0, 0.1) is 16.0 Å². The van der Waals surface area contributed by atoms with Crippen molar-refractivity contribution in [2.45, 2.75) is 31.4 Å². The van der Waals surface area contributed by atoms with Crippen molar-refractivity contribution in [3.63, 3.8) is 0 Å². The largest absolute Gasteiger partial charge is 0.462 e. The molecule has 118 valence electrons. The molecular formula is C13H15ClN4O4. The number of piperidine rings is 1. The van der Waals surface area contributed by atoms with Crippen LogP contribution in [-0.4, -0.2) is 46.3 Å². The van der Waals surface area contributed by atoms with Gasteiger partial charge < -0.3 is 9.64 Å². The lowest BCUT2D eigenvalue weighted by molar-refractivity contribution is -0.497. The average Bonchev–Trinajstić information content (AvgIpc) is 3.30. The van der Waals surface area contributed by atoms with Gasteiger partial charge in [0.25, 0.3) is 0 Å². The Balaban J connectivity index is 1.47. The van der Waals surface area contributed by atoms with Gasteiger partial charge in [0, 0.05) is 37.3 Å². The number of carbonyl (C=O) groups excluding carboxylic acids is 1. The molecule has 2 heterocycles. The summed E-state index contributed by atoms with van der Waals surface area (Å²) in [6.45, 7) is 1.38. The molecule has 22 heavy (non-hydrogen) atoms. The second kappa shape index (κ2) is 6.04. The summed E-state index contributed by atoms with van der Waals surface area (Å²) in [5.74, 6) is -0.258. The van der Waals surface area contributed by atoms with E-state index >= 15 is 0 Å². The van der Waals surface area contributed by atoms with Gasteiger partial charge in [-0.1, -0.05) is 11.6 Å². The third kappa shape index (κ3) is 3.27. The number of nitrogens with zero attached hydrogens (tertiary/aromatic N) is 4. The molecule has 0 aromatic carbocycles. The number of halogens is 1. The topological polar surface area (TPSA) is 98.5 Å². The molecule has 0 radical (unpaired) electrons. The summed E-state index contributed by atoms with van der Waals surface area (Å²) < 4.78 is 5.37. The van der Waals surface area contributed by atoms with Gasteiger partial charge in [-0.05, 0) is 12.1 Å². The number of hydrogen-bond donors (Lipinski definition) is 0. The van der Waals surface area contributed by atoms with Crippen molar-refractivity contribution in [3.05, 3.63) is 27.4 Å². The van der Waals surface area contributed by atoms with Gasteiger partial charge in [-0.2, -0.15) is 0 Å². The lowest BCUT2D eigenvalue weighted by atomic mass is 10.1. The number of hydrogen-bond acceptors (Lipinski definition) is 7. The highest BCUT2D eigenvalue weighted by molar-refractivity contribution is 6.29. The first-order chi connectivity index (χ1) is 10.5. The zero-order valence-electron chi connectivity index (χ0n) is 11.7. The molecule has 1 saturated carbocycles. The maximum absolute atomic E-state index is 11.8. The Labute approximate surface area is 131 Å². The highest BCUT2D eigenvalue weighted by Gasteiger charge is 2.55. The van der Waals surface area contributed by atoms with Crippen LogP contribution >= 0.6 is 11.6 Å². The highest BCUT2D eigenvalue weighted by atomic mass is 35.5. The molecule has 0 spiro atoms. The second-order valence-electron chi connectivity index (χ2n) is 5.53. The summed E-state index contributed by atoms with van der Waals surface area (Å²) in [7, 11) is 0. The lowest BCUT2D eigenvalue weighted by Crippen LogP contribution is -2.38. The van der Waals surface area contributed by atoms with Crippen LogP contribution in [0.5, 0.6) is 0 Å². The average molecular weight is 327 g/mol. The number of esters is 1. The molecule has 2 fully saturated rings.